The maximum atomic E-state index is 12.1. The molecule has 0 spiro atoms. The molecule has 0 aromatic heterocycles. The largest absolute Gasteiger partial charge is 0.457 e. The third kappa shape index (κ3) is 4.91. The summed E-state index contributed by atoms with van der Waals surface area (Å²) < 4.78 is 5.73. The van der Waals surface area contributed by atoms with Crippen molar-refractivity contribution in [1.29, 1.82) is 0 Å². The van der Waals surface area contributed by atoms with Crippen LogP contribution in [0, 0.1) is 0 Å². The summed E-state index contributed by atoms with van der Waals surface area (Å²) in [6, 6.07) is 22.0. The molecule has 6 heteroatoms. The molecule has 0 saturated heterocycles. The first kappa shape index (κ1) is 18.1. The van der Waals surface area contributed by atoms with Gasteiger partial charge in [0.2, 0.25) is 5.91 Å². The molecule has 0 aliphatic carbocycles. The fourth-order valence-electron chi connectivity index (χ4n) is 2.24. The topological polar surface area (TPSA) is 50.4 Å². The van der Waals surface area contributed by atoms with E-state index in [-0.39, 0.29) is 12.5 Å². The second-order valence-electron chi connectivity index (χ2n) is 5.44. The van der Waals surface area contributed by atoms with Crippen LogP contribution in [0.4, 0.5) is 11.4 Å². The first-order chi connectivity index (χ1) is 12.6. The highest BCUT2D eigenvalue weighted by Crippen LogP contribution is 2.29. The van der Waals surface area contributed by atoms with Crippen molar-refractivity contribution in [1.82, 2.24) is 0 Å². The van der Waals surface area contributed by atoms with Crippen LogP contribution in [-0.4, -0.2) is 12.5 Å². The Labute approximate surface area is 161 Å². The third-order valence-electron chi connectivity index (χ3n) is 3.51. The lowest BCUT2D eigenvalue weighted by atomic mass is 10.3. The molecule has 4 nitrogen and oxygen atoms in total. The lowest BCUT2D eigenvalue weighted by Gasteiger charge is -2.10. The SMILES string of the molecule is O=C(CNc1ccc(Oc2ccccc2)cc1)Nc1cccc(Cl)c1Cl. The summed E-state index contributed by atoms with van der Waals surface area (Å²) >= 11 is 12.0. The normalized spacial score (nSPS) is 10.2. The highest BCUT2D eigenvalue weighted by Gasteiger charge is 2.08. The van der Waals surface area contributed by atoms with E-state index in [1.807, 2.05) is 54.6 Å². The quantitative estimate of drug-likeness (QED) is 0.559. The Balaban J connectivity index is 1.53. The number of hydrogen-bond acceptors (Lipinski definition) is 3. The van der Waals surface area contributed by atoms with Crippen LogP contribution >= 0.6 is 23.2 Å². The number of nitrogens with one attached hydrogen (secondary N) is 2. The molecule has 1 amide bonds. The summed E-state index contributed by atoms with van der Waals surface area (Å²) in [5, 5.41) is 6.49. The Morgan fingerprint density at radius 1 is 0.846 bits per heavy atom. The molecule has 26 heavy (non-hydrogen) atoms. The van der Waals surface area contributed by atoms with Crippen LogP contribution in [0.15, 0.2) is 72.8 Å². The number of anilines is 2. The van der Waals surface area contributed by atoms with Gasteiger partial charge in [-0.15, -0.1) is 0 Å². The summed E-state index contributed by atoms with van der Waals surface area (Å²) in [5.41, 5.74) is 1.29. The first-order valence-electron chi connectivity index (χ1n) is 7.92. The van der Waals surface area contributed by atoms with E-state index in [2.05, 4.69) is 10.6 Å². The van der Waals surface area contributed by atoms with Gasteiger partial charge in [-0.25, -0.2) is 0 Å². The number of amides is 1. The molecule has 3 aromatic rings. The number of carbonyl (C=O) groups is 1. The number of rotatable bonds is 6. The van der Waals surface area contributed by atoms with Gasteiger partial charge < -0.3 is 15.4 Å². The second kappa shape index (κ2) is 8.61. The van der Waals surface area contributed by atoms with Crippen LogP contribution in [0.2, 0.25) is 10.0 Å². The van der Waals surface area contributed by atoms with Gasteiger partial charge in [-0.2, -0.15) is 0 Å². The minimum absolute atomic E-state index is 0.0989. The molecule has 0 aliphatic heterocycles. The zero-order valence-electron chi connectivity index (χ0n) is 13.7. The van der Waals surface area contributed by atoms with Crippen molar-refractivity contribution in [3.05, 3.63) is 82.8 Å². The van der Waals surface area contributed by atoms with Crippen molar-refractivity contribution in [2.75, 3.05) is 17.2 Å². The van der Waals surface area contributed by atoms with Crippen molar-refractivity contribution in [3.63, 3.8) is 0 Å². The second-order valence-corrected chi connectivity index (χ2v) is 6.23. The van der Waals surface area contributed by atoms with Crippen LogP contribution in [0.3, 0.4) is 0 Å². The van der Waals surface area contributed by atoms with Crippen molar-refractivity contribution in [2.45, 2.75) is 0 Å². The monoisotopic (exact) mass is 386 g/mol. The summed E-state index contributed by atoms with van der Waals surface area (Å²) in [6.07, 6.45) is 0. The summed E-state index contributed by atoms with van der Waals surface area (Å²) in [4.78, 5) is 12.1. The fourth-order valence-corrected chi connectivity index (χ4v) is 2.59. The van der Waals surface area contributed by atoms with Gasteiger partial charge in [0.05, 0.1) is 22.3 Å². The highest BCUT2D eigenvalue weighted by atomic mass is 35.5. The van der Waals surface area contributed by atoms with E-state index in [1.54, 1.807) is 18.2 Å². The predicted octanol–water partition coefficient (Wildman–Crippen LogP) is 5.84. The molecule has 3 rings (SSSR count). The van der Waals surface area contributed by atoms with Gasteiger partial charge in [0.15, 0.2) is 0 Å². The van der Waals surface area contributed by atoms with Crippen LogP contribution in [-0.2, 0) is 4.79 Å². The Hall–Kier alpha value is -2.69. The van der Waals surface area contributed by atoms with E-state index < -0.39 is 0 Å². The molecule has 0 heterocycles. The van der Waals surface area contributed by atoms with Crippen molar-refractivity contribution in [3.8, 4) is 11.5 Å². The predicted molar refractivity (Wildman–Crippen MR) is 107 cm³/mol. The fraction of sp³-hybridized carbons (Fsp3) is 0.0500. The molecule has 0 atom stereocenters. The van der Waals surface area contributed by atoms with E-state index in [1.165, 1.54) is 0 Å². The molecule has 0 radical (unpaired) electrons. The number of halogens is 2. The molecular formula is C20H16Cl2N2O2. The average Bonchev–Trinajstić information content (AvgIpc) is 2.66. The lowest BCUT2D eigenvalue weighted by molar-refractivity contribution is -0.114. The van der Waals surface area contributed by atoms with Gasteiger partial charge in [0, 0.05) is 5.69 Å². The van der Waals surface area contributed by atoms with E-state index in [0.717, 1.165) is 17.2 Å². The van der Waals surface area contributed by atoms with Gasteiger partial charge in [-0.1, -0.05) is 47.5 Å². The van der Waals surface area contributed by atoms with Crippen LogP contribution in [0.1, 0.15) is 0 Å². The Morgan fingerprint density at radius 2 is 1.54 bits per heavy atom. The number of ether oxygens (including phenoxy) is 1. The standard InChI is InChI=1S/C20H16Cl2N2O2/c21-17-7-4-8-18(20(17)22)24-19(25)13-23-14-9-11-16(12-10-14)26-15-5-2-1-3-6-15/h1-12,23H,13H2,(H,24,25). The number of carbonyl (C=O) groups excluding carboxylic acids is 1. The van der Waals surface area contributed by atoms with Gasteiger partial charge in [0.25, 0.3) is 0 Å². The Kier molecular flexibility index (Phi) is 6.00. The molecular weight excluding hydrogens is 371 g/mol. The molecule has 0 unspecified atom stereocenters. The molecule has 0 bridgehead atoms. The maximum Gasteiger partial charge on any atom is 0.243 e. The van der Waals surface area contributed by atoms with E-state index in [0.29, 0.717) is 15.7 Å². The molecule has 132 valence electrons. The minimum atomic E-state index is -0.223. The third-order valence-corrected chi connectivity index (χ3v) is 4.33. The van der Waals surface area contributed by atoms with Gasteiger partial charge >= 0.3 is 0 Å². The summed E-state index contributed by atoms with van der Waals surface area (Å²) in [7, 11) is 0. The number of hydrogen-bond donors (Lipinski definition) is 2. The average molecular weight is 387 g/mol. The summed E-state index contributed by atoms with van der Waals surface area (Å²) in [5.74, 6) is 1.27. The number of benzene rings is 3. The Morgan fingerprint density at radius 3 is 2.27 bits per heavy atom. The maximum absolute atomic E-state index is 12.1. The first-order valence-corrected chi connectivity index (χ1v) is 8.68. The van der Waals surface area contributed by atoms with Crippen LogP contribution in [0.5, 0.6) is 11.5 Å². The van der Waals surface area contributed by atoms with E-state index >= 15 is 0 Å². The molecule has 0 saturated carbocycles. The van der Waals surface area contributed by atoms with Crippen LogP contribution < -0.4 is 15.4 Å². The van der Waals surface area contributed by atoms with Gasteiger partial charge in [-0.3, -0.25) is 4.79 Å². The Bertz CT molecular complexity index is 884. The zero-order valence-corrected chi connectivity index (χ0v) is 15.2. The van der Waals surface area contributed by atoms with Gasteiger partial charge in [-0.05, 0) is 48.5 Å². The minimum Gasteiger partial charge on any atom is -0.457 e. The van der Waals surface area contributed by atoms with Crippen molar-refractivity contribution >= 4 is 40.5 Å². The summed E-state index contributed by atoms with van der Waals surface area (Å²) in [6.45, 7) is 0.0989. The van der Waals surface area contributed by atoms with E-state index in [9.17, 15) is 4.79 Å². The molecule has 0 fully saturated rings. The van der Waals surface area contributed by atoms with Crippen molar-refractivity contribution < 1.29 is 9.53 Å². The number of para-hydroxylation sites is 1. The molecule has 3 aromatic carbocycles. The molecule has 0 aliphatic rings. The highest BCUT2D eigenvalue weighted by molar-refractivity contribution is 6.44. The van der Waals surface area contributed by atoms with E-state index in [4.69, 9.17) is 27.9 Å². The zero-order chi connectivity index (χ0) is 18.4. The smallest absolute Gasteiger partial charge is 0.243 e. The van der Waals surface area contributed by atoms with Crippen LogP contribution in [0.25, 0.3) is 0 Å². The lowest BCUT2D eigenvalue weighted by Crippen LogP contribution is -2.21. The van der Waals surface area contributed by atoms with Crippen molar-refractivity contribution in [2.24, 2.45) is 0 Å². The molecule has 2 N–H and O–H groups in total. The van der Waals surface area contributed by atoms with Gasteiger partial charge in [0.1, 0.15) is 11.5 Å².